The van der Waals surface area contributed by atoms with Gasteiger partial charge in [0.15, 0.2) is 0 Å². The molecule has 1 aromatic rings. The molecule has 1 aliphatic rings. The highest BCUT2D eigenvalue weighted by Crippen LogP contribution is 2.24. The van der Waals surface area contributed by atoms with Crippen LogP contribution >= 0.6 is 0 Å². The zero-order chi connectivity index (χ0) is 18.6. The second-order valence-corrected chi connectivity index (χ2v) is 7.01. The lowest BCUT2D eigenvalue weighted by Gasteiger charge is -2.34. The van der Waals surface area contributed by atoms with Crippen LogP contribution in [0.25, 0.3) is 0 Å². The molecule has 0 aliphatic carbocycles. The molecule has 0 bridgehead atoms. The number of hydrogen-bond donors (Lipinski definition) is 3. The fourth-order valence-electron chi connectivity index (χ4n) is 2.95. The third-order valence-corrected chi connectivity index (χ3v) is 4.58. The monoisotopic (exact) mass is 347 g/mol. The lowest BCUT2D eigenvalue weighted by atomic mass is 10.0. The molecule has 4 N–H and O–H groups in total. The maximum absolute atomic E-state index is 12.5. The summed E-state index contributed by atoms with van der Waals surface area (Å²) in [5, 5.41) is 5.40. The van der Waals surface area contributed by atoms with E-state index in [4.69, 9.17) is 5.73 Å². The number of benzene rings is 1. The largest absolute Gasteiger partial charge is 0.369 e. The van der Waals surface area contributed by atoms with Gasteiger partial charge in [0.2, 0.25) is 5.91 Å². The Kier molecular flexibility index (Phi) is 6.25. The molecular formula is C18H29N5O2. The molecule has 0 unspecified atom stereocenters. The molecule has 0 spiro atoms. The summed E-state index contributed by atoms with van der Waals surface area (Å²) in [4.78, 5) is 28.2. The van der Waals surface area contributed by atoms with Gasteiger partial charge in [-0.15, -0.1) is 0 Å². The van der Waals surface area contributed by atoms with Gasteiger partial charge in [0, 0.05) is 37.6 Å². The smallest absolute Gasteiger partial charge is 0.312 e. The Morgan fingerprint density at radius 2 is 1.80 bits per heavy atom. The zero-order valence-corrected chi connectivity index (χ0v) is 15.5. The second-order valence-electron chi connectivity index (χ2n) is 7.01. The Hall–Kier alpha value is -2.28. The van der Waals surface area contributed by atoms with Crippen LogP contribution in [0.2, 0.25) is 0 Å². The van der Waals surface area contributed by atoms with E-state index in [9.17, 15) is 9.59 Å². The molecule has 2 rings (SSSR count). The first kappa shape index (κ1) is 19.1. The van der Waals surface area contributed by atoms with Gasteiger partial charge in [0.25, 0.3) is 0 Å². The molecular weight excluding hydrogens is 318 g/mol. The predicted molar refractivity (Wildman–Crippen MR) is 101 cm³/mol. The first-order chi connectivity index (χ1) is 11.8. The first-order valence-corrected chi connectivity index (χ1v) is 8.69. The number of hydrogen-bond acceptors (Lipinski definition) is 4. The third-order valence-electron chi connectivity index (χ3n) is 4.58. The van der Waals surface area contributed by atoms with Crippen molar-refractivity contribution in [1.29, 1.82) is 0 Å². The van der Waals surface area contributed by atoms with E-state index in [0.717, 1.165) is 37.4 Å². The lowest BCUT2D eigenvalue weighted by Crippen LogP contribution is -2.49. The van der Waals surface area contributed by atoms with Gasteiger partial charge in [0.05, 0.1) is 0 Å². The van der Waals surface area contributed by atoms with E-state index in [1.807, 2.05) is 32.9 Å². The molecule has 138 valence electrons. The Morgan fingerprint density at radius 1 is 1.16 bits per heavy atom. The van der Waals surface area contributed by atoms with Crippen molar-refractivity contribution >= 4 is 23.3 Å². The number of nitrogens with zero attached hydrogens (tertiary/aromatic N) is 2. The van der Waals surface area contributed by atoms with Crippen LogP contribution in [0.5, 0.6) is 0 Å². The number of nitrogens with two attached hydrogens (primary N) is 1. The number of rotatable bonds is 5. The average Bonchev–Trinajstić information content (AvgIpc) is 2.54. The van der Waals surface area contributed by atoms with Crippen LogP contribution < -0.4 is 21.3 Å². The second kappa shape index (κ2) is 8.20. The number of carbonyl (C=O) groups excluding carboxylic acids is 2. The van der Waals surface area contributed by atoms with Crippen molar-refractivity contribution in [3.8, 4) is 0 Å². The fourth-order valence-corrected chi connectivity index (χ4v) is 2.95. The Morgan fingerprint density at radius 3 is 2.32 bits per heavy atom. The van der Waals surface area contributed by atoms with Gasteiger partial charge >= 0.3 is 6.03 Å². The number of aryl methyl sites for hydroxylation is 1. The summed E-state index contributed by atoms with van der Waals surface area (Å²) in [6.07, 6.45) is 0. The van der Waals surface area contributed by atoms with Gasteiger partial charge in [-0.3, -0.25) is 4.79 Å². The summed E-state index contributed by atoms with van der Waals surface area (Å²) in [6, 6.07) is 4.68. The first-order valence-electron chi connectivity index (χ1n) is 8.69. The number of anilines is 2. The van der Waals surface area contributed by atoms with E-state index in [-0.39, 0.29) is 11.8 Å². The van der Waals surface area contributed by atoms with Crippen molar-refractivity contribution < 1.29 is 9.59 Å². The van der Waals surface area contributed by atoms with E-state index in [1.165, 1.54) is 5.69 Å². The summed E-state index contributed by atoms with van der Waals surface area (Å²) in [5.41, 5.74) is 8.07. The van der Waals surface area contributed by atoms with Gasteiger partial charge in [-0.1, -0.05) is 13.8 Å². The molecule has 1 fully saturated rings. The molecule has 0 saturated carbocycles. The summed E-state index contributed by atoms with van der Waals surface area (Å²) >= 11 is 0. The maximum Gasteiger partial charge on any atom is 0.312 e. The predicted octanol–water partition coefficient (Wildman–Crippen LogP) is 1.38. The van der Waals surface area contributed by atoms with E-state index in [2.05, 4.69) is 33.5 Å². The van der Waals surface area contributed by atoms with Crippen molar-refractivity contribution in [3.05, 3.63) is 23.8 Å². The highest BCUT2D eigenvalue weighted by Gasteiger charge is 2.24. The van der Waals surface area contributed by atoms with Crippen LogP contribution in [0.1, 0.15) is 19.4 Å². The average molecular weight is 347 g/mol. The molecule has 1 aliphatic heterocycles. The van der Waals surface area contributed by atoms with Crippen molar-refractivity contribution in [3.63, 3.8) is 0 Å². The zero-order valence-electron chi connectivity index (χ0n) is 15.5. The van der Waals surface area contributed by atoms with Crippen LogP contribution in [0.15, 0.2) is 18.2 Å². The Bertz CT molecular complexity index is 624. The Labute approximate surface area is 149 Å². The van der Waals surface area contributed by atoms with Crippen LogP contribution in [-0.4, -0.2) is 56.1 Å². The van der Waals surface area contributed by atoms with Gasteiger partial charge in [0.1, 0.15) is 6.04 Å². The number of nitrogens with one attached hydrogen (secondary N) is 2. The fraction of sp³-hybridized carbons (Fsp3) is 0.556. The minimum absolute atomic E-state index is 0.0579. The highest BCUT2D eigenvalue weighted by molar-refractivity contribution is 5.97. The summed E-state index contributed by atoms with van der Waals surface area (Å²) in [5.74, 6) is -0.318. The van der Waals surface area contributed by atoms with Crippen molar-refractivity contribution in [2.24, 2.45) is 11.7 Å². The Balaban J connectivity index is 2.07. The van der Waals surface area contributed by atoms with Crippen molar-refractivity contribution in [2.75, 3.05) is 43.4 Å². The van der Waals surface area contributed by atoms with Crippen molar-refractivity contribution in [2.45, 2.75) is 26.8 Å². The van der Waals surface area contributed by atoms with E-state index >= 15 is 0 Å². The SMILES string of the molecule is Cc1cc(N2CCN(C)CC2)ccc1NC(=O)[C@H](NC(N)=O)C(C)C. The van der Waals surface area contributed by atoms with Gasteiger partial charge in [-0.05, 0) is 43.7 Å². The molecule has 1 aromatic carbocycles. The van der Waals surface area contributed by atoms with Gasteiger partial charge in [-0.25, -0.2) is 4.79 Å². The van der Waals surface area contributed by atoms with Crippen LogP contribution in [0.3, 0.4) is 0 Å². The summed E-state index contributed by atoms with van der Waals surface area (Å²) in [6.45, 7) is 9.80. The van der Waals surface area contributed by atoms with Crippen molar-refractivity contribution in [1.82, 2.24) is 10.2 Å². The molecule has 7 heteroatoms. The van der Waals surface area contributed by atoms with E-state index in [1.54, 1.807) is 0 Å². The molecule has 7 nitrogen and oxygen atoms in total. The molecule has 1 atom stereocenters. The molecule has 1 saturated heterocycles. The molecule has 1 heterocycles. The normalized spacial score (nSPS) is 16.6. The standard InChI is InChI=1S/C18H29N5O2/c1-12(2)16(21-18(19)25)17(24)20-15-6-5-14(11-13(15)3)23-9-7-22(4)8-10-23/h5-6,11-12,16H,7-10H2,1-4H3,(H,20,24)(H3,19,21,25)/t16-/m1/s1. The van der Waals surface area contributed by atoms with Gasteiger partial charge in [-0.2, -0.15) is 0 Å². The topological polar surface area (TPSA) is 90.7 Å². The van der Waals surface area contributed by atoms with E-state index in [0.29, 0.717) is 0 Å². The number of carbonyl (C=O) groups is 2. The molecule has 0 aromatic heterocycles. The number of urea groups is 1. The van der Waals surface area contributed by atoms with Gasteiger partial charge < -0.3 is 26.2 Å². The van der Waals surface area contributed by atoms with Crippen LogP contribution in [0.4, 0.5) is 16.2 Å². The lowest BCUT2D eigenvalue weighted by molar-refractivity contribution is -0.118. The molecule has 3 amide bonds. The number of piperazine rings is 1. The third kappa shape index (κ3) is 5.09. The highest BCUT2D eigenvalue weighted by atomic mass is 16.2. The van der Waals surface area contributed by atoms with E-state index < -0.39 is 12.1 Å². The van der Waals surface area contributed by atoms with Crippen LogP contribution in [0, 0.1) is 12.8 Å². The summed E-state index contributed by atoms with van der Waals surface area (Å²) in [7, 11) is 2.13. The minimum Gasteiger partial charge on any atom is -0.369 e. The number of likely N-dealkylation sites (N-methyl/N-ethyl adjacent to an activating group) is 1. The quantitative estimate of drug-likeness (QED) is 0.750. The molecule has 0 radical (unpaired) electrons. The molecule has 25 heavy (non-hydrogen) atoms. The number of amides is 3. The van der Waals surface area contributed by atoms with Crippen LogP contribution in [-0.2, 0) is 4.79 Å². The maximum atomic E-state index is 12.5. The number of primary amides is 1. The summed E-state index contributed by atoms with van der Waals surface area (Å²) < 4.78 is 0. The minimum atomic E-state index is -0.698.